The van der Waals surface area contributed by atoms with E-state index in [4.69, 9.17) is 17.3 Å². The van der Waals surface area contributed by atoms with E-state index >= 15 is 0 Å². The molecule has 2 aromatic rings. The van der Waals surface area contributed by atoms with Crippen LogP contribution in [0.4, 0.5) is 10.1 Å². The first kappa shape index (κ1) is 11.0. The molecule has 1 nitrogen and oxygen atoms in total. The van der Waals surface area contributed by atoms with Crippen molar-refractivity contribution in [3.8, 4) is 0 Å². The lowest BCUT2D eigenvalue weighted by Crippen LogP contribution is -1.96. The first-order valence-electron chi connectivity index (χ1n) is 4.93. The van der Waals surface area contributed by atoms with Gasteiger partial charge in [-0.25, -0.2) is 4.39 Å². The fraction of sp³-hybridized carbons (Fsp3) is 0.0769. The molecule has 0 spiro atoms. The van der Waals surface area contributed by atoms with E-state index in [1.807, 2.05) is 24.3 Å². The Morgan fingerprint density at radius 2 is 1.75 bits per heavy atom. The van der Waals surface area contributed by atoms with Crippen LogP contribution in [-0.4, -0.2) is 0 Å². The van der Waals surface area contributed by atoms with Crippen LogP contribution in [0, 0.1) is 5.82 Å². The second-order valence-corrected chi connectivity index (χ2v) is 4.08. The number of benzene rings is 2. The quantitative estimate of drug-likeness (QED) is 0.790. The van der Waals surface area contributed by atoms with Gasteiger partial charge < -0.3 is 5.73 Å². The van der Waals surface area contributed by atoms with E-state index in [2.05, 4.69) is 0 Å². The summed E-state index contributed by atoms with van der Waals surface area (Å²) < 4.78 is 12.8. The van der Waals surface area contributed by atoms with Gasteiger partial charge in [-0.15, -0.1) is 0 Å². The summed E-state index contributed by atoms with van der Waals surface area (Å²) in [6.45, 7) is 0. The van der Waals surface area contributed by atoms with Crippen LogP contribution in [0.25, 0.3) is 0 Å². The minimum absolute atomic E-state index is 0.308. The number of hydrogen-bond donors (Lipinski definition) is 1. The summed E-state index contributed by atoms with van der Waals surface area (Å²) in [7, 11) is 0. The Morgan fingerprint density at radius 1 is 1.06 bits per heavy atom. The third kappa shape index (κ3) is 2.52. The van der Waals surface area contributed by atoms with Crippen molar-refractivity contribution in [3.05, 3.63) is 64.4 Å². The molecule has 0 heterocycles. The molecule has 0 aliphatic carbocycles. The van der Waals surface area contributed by atoms with Crippen LogP contribution in [0.15, 0.2) is 42.5 Å². The van der Waals surface area contributed by atoms with Crippen molar-refractivity contribution in [2.45, 2.75) is 6.42 Å². The zero-order valence-electron chi connectivity index (χ0n) is 8.58. The predicted octanol–water partition coefficient (Wildman–Crippen LogP) is 3.65. The maximum atomic E-state index is 12.8. The lowest BCUT2D eigenvalue weighted by atomic mass is 10.0. The van der Waals surface area contributed by atoms with Gasteiger partial charge in [0.1, 0.15) is 5.82 Å². The first-order valence-corrected chi connectivity index (χ1v) is 5.31. The third-order valence-electron chi connectivity index (χ3n) is 2.42. The van der Waals surface area contributed by atoms with Gasteiger partial charge in [0.15, 0.2) is 0 Å². The Labute approximate surface area is 98.7 Å². The summed E-state index contributed by atoms with van der Waals surface area (Å²) >= 11 is 5.79. The molecule has 0 amide bonds. The molecule has 2 rings (SSSR count). The monoisotopic (exact) mass is 235 g/mol. The second-order valence-electron chi connectivity index (χ2n) is 3.65. The molecule has 0 aliphatic heterocycles. The van der Waals surface area contributed by atoms with Crippen molar-refractivity contribution in [2.24, 2.45) is 0 Å². The molecular weight excluding hydrogens is 225 g/mol. The van der Waals surface area contributed by atoms with Gasteiger partial charge in [-0.3, -0.25) is 0 Å². The Balaban J connectivity index is 2.23. The molecule has 0 saturated carbocycles. The average Bonchev–Trinajstić information content (AvgIpc) is 2.25. The lowest BCUT2D eigenvalue weighted by molar-refractivity contribution is 0.628. The molecule has 0 saturated heterocycles. The number of rotatable bonds is 2. The molecule has 0 aliphatic rings. The van der Waals surface area contributed by atoms with Crippen LogP contribution in [0.3, 0.4) is 0 Å². The first-order chi connectivity index (χ1) is 7.65. The standard InChI is InChI=1S/C13H11ClFN/c14-11-4-1-9(2-5-11)7-10-3-6-12(15)8-13(10)16/h1-6,8H,7,16H2. The number of nitrogens with two attached hydrogens (primary N) is 1. The zero-order valence-corrected chi connectivity index (χ0v) is 9.34. The molecule has 0 bridgehead atoms. The summed E-state index contributed by atoms with van der Waals surface area (Å²) in [5, 5.41) is 0.704. The van der Waals surface area contributed by atoms with E-state index in [0.717, 1.165) is 11.1 Å². The molecular formula is C13H11ClFN. The van der Waals surface area contributed by atoms with E-state index in [-0.39, 0.29) is 5.82 Å². The zero-order chi connectivity index (χ0) is 11.5. The molecule has 0 atom stereocenters. The summed E-state index contributed by atoms with van der Waals surface area (Å²) in [5.41, 5.74) is 8.23. The van der Waals surface area contributed by atoms with Crippen molar-refractivity contribution in [3.63, 3.8) is 0 Å². The highest BCUT2D eigenvalue weighted by molar-refractivity contribution is 6.30. The molecule has 0 unspecified atom stereocenters. The maximum Gasteiger partial charge on any atom is 0.125 e. The molecule has 2 N–H and O–H groups in total. The molecule has 0 aromatic heterocycles. The number of hydrogen-bond acceptors (Lipinski definition) is 1. The topological polar surface area (TPSA) is 26.0 Å². The molecule has 0 radical (unpaired) electrons. The van der Waals surface area contributed by atoms with Crippen LogP contribution in [0.1, 0.15) is 11.1 Å². The van der Waals surface area contributed by atoms with Crippen LogP contribution in [0.5, 0.6) is 0 Å². The lowest BCUT2D eigenvalue weighted by Gasteiger charge is -2.05. The van der Waals surface area contributed by atoms with Gasteiger partial charge in [0.2, 0.25) is 0 Å². The average molecular weight is 236 g/mol. The Kier molecular flexibility index (Phi) is 3.11. The fourth-order valence-corrected chi connectivity index (χ4v) is 1.67. The fourth-order valence-electron chi connectivity index (χ4n) is 1.55. The molecule has 82 valence electrons. The highest BCUT2D eigenvalue weighted by atomic mass is 35.5. The van der Waals surface area contributed by atoms with Gasteiger partial charge >= 0.3 is 0 Å². The van der Waals surface area contributed by atoms with Crippen LogP contribution in [-0.2, 0) is 6.42 Å². The summed E-state index contributed by atoms with van der Waals surface area (Å²) in [6.07, 6.45) is 0.684. The van der Waals surface area contributed by atoms with Crippen molar-refractivity contribution < 1.29 is 4.39 Å². The van der Waals surface area contributed by atoms with E-state index in [0.29, 0.717) is 17.1 Å². The Hall–Kier alpha value is -1.54. The van der Waals surface area contributed by atoms with Gasteiger partial charge in [0, 0.05) is 10.7 Å². The largest absolute Gasteiger partial charge is 0.398 e. The number of anilines is 1. The Bertz CT molecular complexity index is 494. The maximum absolute atomic E-state index is 12.8. The van der Waals surface area contributed by atoms with Crippen molar-refractivity contribution in [1.29, 1.82) is 0 Å². The van der Waals surface area contributed by atoms with Crippen LogP contribution >= 0.6 is 11.6 Å². The number of halogens is 2. The highest BCUT2D eigenvalue weighted by Crippen LogP contribution is 2.18. The van der Waals surface area contributed by atoms with Crippen molar-refractivity contribution >= 4 is 17.3 Å². The summed E-state index contributed by atoms with van der Waals surface area (Å²) in [5.74, 6) is -0.308. The van der Waals surface area contributed by atoms with E-state index in [1.165, 1.54) is 12.1 Å². The van der Waals surface area contributed by atoms with Crippen LogP contribution < -0.4 is 5.73 Å². The second kappa shape index (κ2) is 4.54. The molecule has 3 heteroatoms. The third-order valence-corrected chi connectivity index (χ3v) is 2.67. The van der Waals surface area contributed by atoms with Crippen molar-refractivity contribution in [2.75, 3.05) is 5.73 Å². The number of nitrogen functional groups attached to an aromatic ring is 1. The molecule has 2 aromatic carbocycles. The van der Waals surface area contributed by atoms with E-state index in [1.54, 1.807) is 6.07 Å². The van der Waals surface area contributed by atoms with Gasteiger partial charge in [0.05, 0.1) is 0 Å². The normalized spacial score (nSPS) is 10.4. The van der Waals surface area contributed by atoms with E-state index < -0.39 is 0 Å². The predicted molar refractivity (Wildman–Crippen MR) is 65.1 cm³/mol. The van der Waals surface area contributed by atoms with E-state index in [9.17, 15) is 4.39 Å². The minimum atomic E-state index is -0.308. The van der Waals surface area contributed by atoms with Gasteiger partial charge in [-0.1, -0.05) is 29.8 Å². The molecule has 16 heavy (non-hydrogen) atoms. The SMILES string of the molecule is Nc1cc(F)ccc1Cc1ccc(Cl)cc1. The van der Waals surface area contributed by atoms with Gasteiger partial charge in [-0.05, 0) is 41.8 Å². The highest BCUT2D eigenvalue weighted by Gasteiger charge is 2.02. The Morgan fingerprint density at radius 3 is 2.38 bits per heavy atom. The van der Waals surface area contributed by atoms with Crippen molar-refractivity contribution in [1.82, 2.24) is 0 Å². The smallest absolute Gasteiger partial charge is 0.125 e. The molecule has 0 fully saturated rings. The van der Waals surface area contributed by atoms with Gasteiger partial charge in [-0.2, -0.15) is 0 Å². The minimum Gasteiger partial charge on any atom is -0.398 e. The van der Waals surface area contributed by atoms with Gasteiger partial charge in [0.25, 0.3) is 0 Å². The summed E-state index contributed by atoms with van der Waals surface area (Å²) in [6, 6.07) is 12.0. The van der Waals surface area contributed by atoms with Crippen LogP contribution in [0.2, 0.25) is 5.02 Å². The summed E-state index contributed by atoms with van der Waals surface area (Å²) in [4.78, 5) is 0.